The van der Waals surface area contributed by atoms with Crippen LogP contribution in [-0.4, -0.2) is 21.5 Å². The second-order valence-electron chi connectivity index (χ2n) is 4.04. The highest BCUT2D eigenvalue weighted by atomic mass is 79.9. The molecule has 102 valence electrons. The zero-order valence-electron chi connectivity index (χ0n) is 10.9. The topological polar surface area (TPSA) is 75.9 Å². The van der Waals surface area contributed by atoms with Gasteiger partial charge in [-0.2, -0.15) is 4.98 Å². The van der Waals surface area contributed by atoms with Crippen molar-refractivity contribution < 1.29 is 4.42 Å². The lowest BCUT2D eigenvalue weighted by atomic mass is 10.5. The van der Waals surface area contributed by atoms with Gasteiger partial charge in [0.05, 0.1) is 17.2 Å². The van der Waals surface area contributed by atoms with Gasteiger partial charge in [-0.25, -0.2) is 9.97 Å². The third-order valence-corrected chi connectivity index (χ3v) is 2.93. The van der Waals surface area contributed by atoms with Gasteiger partial charge in [0, 0.05) is 12.7 Å². The normalized spacial score (nSPS) is 10.5. The van der Waals surface area contributed by atoms with Gasteiger partial charge in [0.25, 0.3) is 0 Å². The number of anilines is 2. The van der Waals surface area contributed by atoms with Crippen molar-refractivity contribution in [3.8, 4) is 0 Å². The Bertz CT molecular complexity index is 543. The van der Waals surface area contributed by atoms with Gasteiger partial charge in [-0.05, 0) is 29.3 Å². The molecule has 0 saturated heterocycles. The van der Waals surface area contributed by atoms with Gasteiger partial charge in [0.1, 0.15) is 11.6 Å². The molecule has 2 aromatic rings. The summed E-state index contributed by atoms with van der Waals surface area (Å²) < 4.78 is 6.20. The molecule has 7 heteroatoms. The summed E-state index contributed by atoms with van der Waals surface area (Å²) in [4.78, 5) is 12.7. The third-order valence-electron chi connectivity index (χ3n) is 2.35. The van der Waals surface area contributed by atoms with Crippen molar-refractivity contribution in [2.24, 2.45) is 0 Å². The average Bonchev–Trinajstić information content (AvgIpc) is 2.82. The highest BCUT2D eigenvalue weighted by molar-refractivity contribution is 9.10. The molecule has 2 N–H and O–H groups in total. The van der Waals surface area contributed by atoms with Crippen molar-refractivity contribution in [1.29, 1.82) is 0 Å². The summed E-state index contributed by atoms with van der Waals surface area (Å²) in [5.74, 6) is 2.75. The first-order valence-electron chi connectivity index (χ1n) is 6.10. The molecule has 0 fully saturated rings. The van der Waals surface area contributed by atoms with Crippen LogP contribution in [0.2, 0.25) is 0 Å². The second-order valence-corrected chi connectivity index (χ2v) is 4.89. The number of halogens is 1. The highest BCUT2D eigenvalue weighted by Gasteiger charge is 2.06. The monoisotopic (exact) mass is 325 g/mol. The Morgan fingerprint density at radius 2 is 2.11 bits per heavy atom. The molecule has 0 radical (unpaired) electrons. The minimum Gasteiger partial charge on any atom is -0.444 e. The molecular formula is C12H16BrN5O. The van der Waals surface area contributed by atoms with Crippen molar-refractivity contribution in [2.45, 2.75) is 26.8 Å². The van der Waals surface area contributed by atoms with Crippen LogP contribution >= 0.6 is 15.9 Å². The SMILES string of the molecule is CCCNc1ncc(Br)c(NCc2ncc(C)o2)n1. The summed E-state index contributed by atoms with van der Waals surface area (Å²) >= 11 is 3.41. The second kappa shape index (κ2) is 6.51. The fourth-order valence-electron chi connectivity index (χ4n) is 1.46. The minimum atomic E-state index is 0.483. The summed E-state index contributed by atoms with van der Waals surface area (Å²) in [6.07, 6.45) is 4.44. The van der Waals surface area contributed by atoms with Crippen molar-refractivity contribution >= 4 is 27.7 Å². The number of nitrogens with one attached hydrogen (secondary N) is 2. The summed E-state index contributed by atoms with van der Waals surface area (Å²) in [7, 11) is 0. The first-order chi connectivity index (χ1) is 9.19. The van der Waals surface area contributed by atoms with Crippen LogP contribution in [0.4, 0.5) is 11.8 Å². The number of oxazole rings is 1. The van der Waals surface area contributed by atoms with Crippen molar-refractivity contribution in [3.05, 3.63) is 28.5 Å². The molecule has 6 nitrogen and oxygen atoms in total. The molecule has 0 aliphatic carbocycles. The van der Waals surface area contributed by atoms with Gasteiger partial charge in [-0.15, -0.1) is 0 Å². The molecule has 0 bridgehead atoms. The quantitative estimate of drug-likeness (QED) is 0.850. The molecule has 0 aromatic carbocycles. The van der Waals surface area contributed by atoms with Crippen molar-refractivity contribution in [3.63, 3.8) is 0 Å². The first kappa shape index (κ1) is 13.8. The van der Waals surface area contributed by atoms with E-state index in [1.165, 1.54) is 0 Å². The number of rotatable bonds is 6. The van der Waals surface area contributed by atoms with Crippen LogP contribution in [0.15, 0.2) is 21.3 Å². The fraction of sp³-hybridized carbons (Fsp3) is 0.417. The maximum atomic E-state index is 5.39. The van der Waals surface area contributed by atoms with Crippen LogP contribution in [0.1, 0.15) is 25.0 Å². The summed E-state index contributed by atoms with van der Waals surface area (Å²) in [5.41, 5.74) is 0. The Balaban J connectivity index is 2.02. The zero-order valence-corrected chi connectivity index (χ0v) is 12.5. The number of aromatic nitrogens is 3. The lowest BCUT2D eigenvalue weighted by Gasteiger charge is -2.08. The zero-order chi connectivity index (χ0) is 13.7. The van der Waals surface area contributed by atoms with E-state index in [2.05, 4.69) is 48.4 Å². The van der Waals surface area contributed by atoms with Gasteiger partial charge in [0.15, 0.2) is 0 Å². The van der Waals surface area contributed by atoms with E-state index in [1.807, 2.05) is 6.92 Å². The molecule has 2 heterocycles. The molecule has 0 aliphatic rings. The maximum absolute atomic E-state index is 5.39. The van der Waals surface area contributed by atoms with E-state index in [0.29, 0.717) is 24.2 Å². The van der Waals surface area contributed by atoms with Crippen LogP contribution in [0.3, 0.4) is 0 Å². The molecular weight excluding hydrogens is 310 g/mol. The molecule has 0 saturated carbocycles. The maximum Gasteiger partial charge on any atom is 0.224 e. The van der Waals surface area contributed by atoms with E-state index < -0.39 is 0 Å². The van der Waals surface area contributed by atoms with Gasteiger partial charge in [-0.1, -0.05) is 6.92 Å². The predicted octanol–water partition coefficient (Wildman–Crippen LogP) is 2.97. The summed E-state index contributed by atoms with van der Waals surface area (Å²) in [6.45, 7) is 5.29. The molecule has 2 aromatic heterocycles. The van der Waals surface area contributed by atoms with E-state index >= 15 is 0 Å². The number of aryl methyl sites for hydroxylation is 1. The Morgan fingerprint density at radius 1 is 1.26 bits per heavy atom. The molecule has 2 rings (SSSR count). The van der Waals surface area contributed by atoms with E-state index in [9.17, 15) is 0 Å². The van der Waals surface area contributed by atoms with Crippen LogP contribution in [0.25, 0.3) is 0 Å². The van der Waals surface area contributed by atoms with E-state index in [4.69, 9.17) is 4.42 Å². The van der Waals surface area contributed by atoms with Gasteiger partial charge < -0.3 is 15.1 Å². The average molecular weight is 326 g/mol. The lowest BCUT2D eigenvalue weighted by Crippen LogP contribution is -2.08. The van der Waals surface area contributed by atoms with Crippen molar-refractivity contribution in [2.75, 3.05) is 17.2 Å². The fourth-order valence-corrected chi connectivity index (χ4v) is 1.79. The number of nitrogens with zero attached hydrogens (tertiary/aromatic N) is 3. The molecule has 0 spiro atoms. The standard InChI is InChI=1S/C12H16BrN5O/c1-3-4-14-12-17-6-9(13)11(18-12)16-7-10-15-5-8(2)19-10/h5-6H,3-4,7H2,1-2H3,(H2,14,16,17,18). The highest BCUT2D eigenvalue weighted by Crippen LogP contribution is 2.20. The smallest absolute Gasteiger partial charge is 0.224 e. The van der Waals surface area contributed by atoms with Gasteiger partial charge in [0.2, 0.25) is 11.8 Å². The number of hydrogen-bond acceptors (Lipinski definition) is 6. The Labute approximate surface area is 120 Å². The van der Waals surface area contributed by atoms with Crippen LogP contribution in [0.5, 0.6) is 0 Å². The largest absolute Gasteiger partial charge is 0.444 e. The van der Waals surface area contributed by atoms with Crippen LogP contribution < -0.4 is 10.6 Å². The molecule has 0 amide bonds. The van der Waals surface area contributed by atoms with Gasteiger partial charge in [-0.3, -0.25) is 0 Å². The van der Waals surface area contributed by atoms with E-state index in [0.717, 1.165) is 23.2 Å². The lowest BCUT2D eigenvalue weighted by molar-refractivity contribution is 0.478. The third kappa shape index (κ3) is 3.92. The Kier molecular flexibility index (Phi) is 4.73. The van der Waals surface area contributed by atoms with Crippen molar-refractivity contribution in [1.82, 2.24) is 15.0 Å². The van der Waals surface area contributed by atoms with E-state index in [1.54, 1.807) is 12.4 Å². The number of hydrogen-bond donors (Lipinski definition) is 2. The summed E-state index contributed by atoms with van der Waals surface area (Å²) in [5, 5.41) is 6.31. The van der Waals surface area contributed by atoms with Gasteiger partial charge >= 0.3 is 0 Å². The van der Waals surface area contributed by atoms with Crippen LogP contribution in [-0.2, 0) is 6.54 Å². The molecule has 0 unspecified atom stereocenters. The van der Waals surface area contributed by atoms with Crippen LogP contribution in [0, 0.1) is 6.92 Å². The Morgan fingerprint density at radius 3 is 2.79 bits per heavy atom. The summed E-state index contributed by atoms with van der Waals surface area (Å²) in [6, 6.07) is 0. The first-order valence-corrected chi connectivity index (χ1v) is 6.90. The molecule has 0 aliphatic heterocycles. The predicted molar refractivity (Wildman–Crippen MR) is 77.1 cm³/mol. The molecule has 19 heavy (non-hydrogen) atoms. The molecule has 0 atom stereocenters. The Hall–Kier alpha value is -1.63. The minimum absolute atomic E-state index is 0.483. The van der Waals surface area contributed by atoms with E-state index in [-0.39, 0.29) is 0 Å².